The molecule has 2 aromatic carbocycles. The van der Waals surface area contributed by atoms with Gasteiger partial charge >= 0.3 is 0 Å². The van der Waals surface area contributed by atoms with Crippen LogP contribution in [-0.4, -0.2) is 11.4 Å². The number of thioether (sulfide) groups is 1. The Morgan fingerprint density at radius 2 is 1.78 bits per heavy atom. The van der Waals surface area contributed by atoms with Crippen LogP contribution in [-0.2, 0) is 13.2 Å². The van der Waals surface area contributed by atoms with Crippen LogP contribution in [0, 0.1) is 0 Å². The lowest BCUT2D eigenvalue weighted by molar-refractivity contribution is 0.282. The topological polar surface area (TPSA) is 32.3 Å². The summed E-state index contributed by atoms with van der Waals surface area (Å²) in [6.07, 6.45) is 2.07. The van der Waals surface area contributed by atoms with Gasteiger partial charge in [0.25, 0.3) is 0 Å². The van der Waals surface area contributed by atoms with Crippen molar-refractivity contribution in [1.82, 2.24) is 0 Å². The molecule has 2 N–H and O–H groups in total. The standard InChI is InChI=1S/C15H17NOS/c1-18-14-8-6-12(7-9-14)10-16-15-5-3-2-4-13(15)11-17/h2-9,16-17H,10-11H2,1H3. The molecule has 0 radical (unpaired) electrons. The number of hydrogen-bond donors (Lipinski definition) is 2. The van der Waals surface area contributed by atoms with Gasteiger partial charge in [-0.2, -0.15) is 0 Å². The summed E-state index contributed by atoms with van der Waals surface area (Å²) in [4.78, 5) is 1.27. The Morgan fingerprint density at radius 1 is 1.06 bits per heavy atom. The van der Waals surface area contributed by atoms with Gasteiger partial charge in [0.05, 0.1) is 6.61 Å². The summed E-state index contributed by atoms with van der Waals surface area (Å²) in [5.74, 6) is 0. The molecule has 0 aromatic heterocycles. The van der Waals surface area contributed by atoms with Crippen LogP contribution in [0.25, 0.3) is 0 Å². The average Bonchev–Trinajstić information content (AvgIpc) is 2.46. The van der Waals surface area contributed by atoms with Gasteiger partial charge in [-0.3, -0.25) is 0 Å². The minimum atomic E-state index is 0.0641. The smallest absolute Gasteiger partial charge is 0.0701 e. The highest BCUT2D eigenvalue weighted by Crippen LogP contribution is 2.18. The highest BCUT2D eigenvalue weighted by molar-refractivity contribution is 7.98. The zero-order valence-electron chi connectivity index (χ0n) is 10.4. The Balaban J connectivity index is 2.02. The molecule has 0 unspecified atom stereocenters. The monoisotopic (exact) mass is 259 g/mol. The first-order valence-corrected chi connectivity index (χ1v) is 7.11. The molecule has 18 heavy (non-hydrogen) atoms. The van der Waals surface area contributed by atoms with Gasteiger partial charge in [-0.1, -0.05) is 30.3 Å². The maximum atomic E-state index is 9.24. The van der Waals surface area contributed by atoms with E-state index >= 15 is 0 Å². The summed E-state index contributed by atoms with van der Waals surface area (Å²) >= 11 is 1.74. The molecule has 2 rings (SSSR count). The summed E-state index contributed by atoms with van der Waals surface area (Å²) in [5.41, 5.74) is 3.16. The summed E-state index contributed by atoms with van der Waals surface area (Å²) in [6, 6.07) is 16.3. The third-order valence-corrected chi connectivity index (χ3v) is 3.57. The number of nitrogens with one attached hydrogen (secondary N) is 1. The van der Waals surface area contributed by atoms with Gasteiger partial charge in [-0.25, -0.2) is 0 Å². The van der Waals surface area contributed by atoms with Crippen LogP contribution < -0.4 is 5.32 Å². The van der Waals surface area contributed by atoms with Crippen LogP contribution in [0.1, 0.15) is 11.1 Å². The Hall–Kier alpha value is -1.45. The predicted molar refractivity (Wildman–Crippen MR) is 77.9 cm³/mol. The molecule has 0 aliphatic carbocycles. The first-order valence-electron chi connectivity index (χ1n) is 5.89. The molecule has 0 bridgehead atoms. The van der Waals surface area contributed by atoms with Crippen molar-refractivity contribution >= 4 is 17.4 Å². The average molecular weight is 259 g/mol. The molecule has 0 spiro atoms. The minimum absolute atomic E-state index is 0.0641. The van der Waals surface area contributed by atoms with Crippen LogP contribution in [0.5, 0.6) is 0 Å². The van der Waals surface area contributed by atoms with Gasteiger partial charge in [0.1, 0.15) is 0 Å². The molecule has 0 saturated carbocycles. The molecule has 94 valence electrons. The molecule has 0 aliphatic heterocycles. The second kappa shape index (κ2) is 6.47. The Labute approximate surface area is 112 Å². The Morgan fingerprint density at radius 3 is 2.44 bits per heavy atom. The zero-order valence-corrected chi connectivity index (χ0v) is 11.2. The van der Waals surface area contributed by atoms with Crippen LogP contribution in [0.4, 0.5) is 5.69 Å². The van der Waals surface area contributed by atoms with Crippen molar-refractivity contribution in [2.24, 2.45) is 0 Å². The number of aliphatic hydroxyl groups is 1. The predicted octanol–water partition coefficient (Wildman–Crippen LogP) is 3.51. The fraction of sp³-hybridized carbons (Fsp3) is 0.200. The fourth-order valence-electron chi connectivity index (χ4n) is 1.77. The second-order valence-corrected chi connectivity index (χ2v) is 4.90. The number of aliphatic hydroxyl groups excluding tert-OH is 1. The van der Waals surface area contributed by atoms with E-state index in [1.54, 1.807) is 11.8 Å². The lowest BCUT2D eigenvalue weighted by Crippen LogP contribution is -2.02. The van der Waals surface area contributed by atoms with E-state index in [-0.39, 0.29) is 6.61 Å². The molecule has 3 heteroatoms. The minimum Gasteiger partial charge on any atom is -0.392 e. The van der Waals surface area contributed by atoms with Crippen molar-refractivity contribution in [3.63, 3.8) is 0 Å². The molecule has 2 nitrogen and oxygen atoms in total. The normalized spacial score (nSPS) is 10.3. The lowest BCUT2D eigenvalue weighted by atomic mass is 10.1. The highest BCUT2D eigenvalue weighted by Gasteiger charge is 2.00. The molecular formula is C15H17NOS. The van der Waals surface area contributed by atoms with E-state index in [1.165, 1.54) is 10.5 Å². The summed E-state index contributed by atoms with van der Waals surface area (Å²) in [6.45, 7) is 0.834. The third kappa shape index (κ3) is 3.28. The summed E-state index contributed by atoms with van der Waals surface area (Å²) < 4.78 is 0. The van der Waals surface area contributed by atoms with Gasteiger partial charge in [0, 0.05) is 22.7 Å². The van der Waals surface area contributed by atoms with Crippen LogP contribution in [0.3, 0.4) is 0 Å². The maximum absolute atomic E-state index is 9.24. The first-order chi connectivity index (χ1) is 8.83. The number of benzene rings is 2. The van der Waals surface area contributed by atoms with E-state index in [0.29, 0.717) is 0 Å². The highest BCUT2D eigenvalue weighted by atomic mass is 32.2. The van der Waals surface area contributed by atoms with Crippen molar-refractivity contribution < 1.29 is 5.11 Å². The van der Waals surface area contributed by atoms with Crippen molar-refractivity contribution in [2.45, 2.75) is 18.0 Å². The zero-order chi connectivity index (χ0) is 12.8. The van der Waals surface area contributed by atoms with Gasteiger partial charge in [-0.15, -0.1) is 11.8 Å². The molecule has 0 heterocycles. The van der Waals surface area contributed by atoms with Crippen molar-refractivity contribution in [3.05, 3.63) is 59.7 Å². The van der Waals surface area contributed by atoms with Gasteiger partial charge < -0.3 is 10.4 Å². The van der Waals surface area contributed by atoms with E-state index < -0.39 is 0 Å². The Kier molecular flexibility index (Phi) is 4.67. The van der Waals surface area contributed by atoms with Crippen LogP contribution >= 0.6 is 11.8 Å². The fourth-order valence-corrected chi connectivity index (χ4v) is 2.18. The van der Waals surface area contributed by atoms with Crippen molar-refractivity contribution in [1.29, 1.82) is 0 Å². The molecule has 0 amide bonds. The van der Waals surface area contributed by atoms with Crippen molar-refractivity contribution in [2.75, 3.05) is 11.6 Å². The molecular weight excluding hydrogens is 242 g/mol. The van der Waals surface area contributed by atoms with Crippen LogP contribution in [0.15, 0.2) is 53.4 Å². The Bertz CT molecular complexity index is 496. The quantitative estimate of drug-likeness (QED) is 0.806. The molecule has 0 saturated heterocycles. The van der Waals surface area contributed by atoms with E-state index in [9.17, 15) is 5.11 Å². The van der Waals surface area contributed by atoms with Gasteiger partial charge in [0.15, 0.2) is 0 Å². The SMILES string of the molecule is CSc1ccc(CNc2ccccc2CO)cc1. The molecule has 0 aliphatic rings. The molecule has 0 atom stereocenters. The van der Waals surface area contributed by atoms with E-state index in [4.69, 9.17) is 0 Å². The van der Waals surface area contributed by atoms with Gasteiger partial charge in [-0.05, 0) is 30.0 Å². The molecule has 0 fully saturated rings. The van der Waals surface area contributed by atoms with Gasteiger partial charge in [0.2, 0.25) is 0 Å². The molecule has 2 aromatic rings. The maximum Gasteiger partial charge on any atom is 0.0701 e. The van der Waals surface area contributed by atoms with Crippen molar-refractivity contribution in [3.8, 4) is 0 Å². The second-order valence-electron chi connectivity index (χ2n) is 4.02. The number of anilines is 1. The number of rotatable bonds is 5. The summed E-state index contributed by atoms with van der Waals surface area (Å²) in [7, 11) is 0. The number of hydrogen-bond acceptors (Lipinski definition) is 3. The van der Waals surface area contributed by atoms with E-state index in [1.807, 2.05) is 24.3 Å². The summed E-state index contributed by atoms with van der Waals surface area (Å²) in [5, 5.41) is 12.6. The van der Waals surface area contributed by atoms with E-state index in [2.05, 4.69) is 35.8 Å². The third-order valence-electron chi connectivity index (χ3n) is 2.83. The lowest BCUT2D eigenvalue weighted by Gasteiger charge is -2.10. The largest absolute Gasteiger partial charge is 0.392 e. The first kappa shape index (κ1) is 13.0. The van der Waals surface area contributed by atoms with Crippen LogP contribution in [0.2, 0.25) is 0 Å². The number of para-hydroxylation sites is 1. The van der Waals surface area contributed by atoms with E-state index in [0.717, 1.165) is 17.8 Å².